The number of carbonyl (C=O) groups is 1. The van der Waals surface area contributed by atoms with E-state index in [1.54, 1.807) is 0 Å². The van der Waals surface area contributed by atoms with Gasteiger partial charge in [0.15, 0.2) is 0 Å². The zero-order chi connectivity index (χ0) is 15.7. The Balaban J connectivity index is 2.31. The van der Waals surface area contributed by atoms with Crippen LogP contribution in [0.2, 0.25) is 0 Å². The van der Waals surface area contributed by atoms with Crippen molar-refractivity contribution in [3.8, 4) is 5.75 Å². The molecule has 1 aromatic carbocycles. The molecule has 0 spiro atoms. The highest BCUT2D eigenvalue weighted by Gasteiger charge is 2.28. The van der Waals surface area contributed by atoms with Crippen LogP contribution in [0.5, 0.6) is 5.75 Å². The molecule has 21 heavy (non-hydrogen) atoms. The summed E-state index contributed by atoms with van der Waals surface area (Å²) < 4.78 is 10.8. The van der Waals surface area contributed by atoms with Gasteiger partial charge in [-0.05, 0) is 57.7 Å². The summed E-state index contributed by atoms with van der Waals surface area (Å²) in [5.74, 6) is 0.742. The first kappa shape index (κ1) is 18.0. The largest absolute Gasteiger partial charge is 0.494 e. The molecule has 0 heterocycles. The van der Waals surface area contributed by atoms with Crippen molar-refractivity contribution in [2.75, 3.05) is 18.5 Å². The topological polar surface area (TPSA) is 35.5 Å². The number of rotatable bonds is 9. The highest BCUT2D eigenvalue weighted by atomic mass is 79.9. The van der Waals surface area contributed by atoms with E-state index in [0.29, 0.717) is 13.2 Å². The molecule has 0 aliphatic carbocycles. The maximum absolute atomic E-state index is 11.8. The second-order valence-corrected chi connectivity index (χ2v) is 6.43. The Morgan fingerprint density at radius 1 is 1.24 bits per heavy atom. The molecular formula is C17H25BrO3. The predicted octanol–water partition coefficient (Wildman–Crippen LogP) is 4.37. The monoisotopic (exact) mass is 356 g/mol. The summed E-state index contributed by atoms with van der Waals surface area (Å²) in [4.78, 5) is 11.8. The van der Waals surface area contributed by atoms with Gasteiger partial charge >= 0.3 is 5.97 Å². The van der Waals surface area contributed by atoms with Gasteiger partial charge in [-0.25, -0.2) is 0 Å². The van der Waals surface area contributed by atoms with Gasteiger partial charge < -0.3 is 9.47 Å². The summed E-state index contributed by atoms with van der Waals surface area (Å²) in [6, 6.07) is 8.15. The van der Waals surface area contributed by atoms with Crippen LogP contribution in [0.4, 0.5) is 0 Å². The Hall–Kier alpha value is -1.03. The summed E-state index contributed by atoms with van der Waals surface area (Å²) in [6.45, 7) is 6.70. The molecule has 0 N–H and O–H groups in total. The van der Waals surface area contributed by atoms with Crippen LogP contribution in [-0.2, 0) is 16.0 Å². The third-order valence-electron chi connectivity index (χ3n) is 3.35. The van der Waals surface area contributed by atoms with E-state index in [9.17, 15) is 4.79 Å². The highest BCUT2D eigenvalue weighted by molar-refractivity contribution is 9.09. The quantitative estimate of drug-likeness (QED) is 0.374. The number of carbonyl (C=O) groups excluding carboxylic acids is 1. The summed E-state index contributed by atoms with van der Waals surface area (Å²) >= 11 is 3.43. The molecule has 0 aromatic heterocycles. The van der Waals surface area contributed by atoms with Crippen molar-refractivity contribution >= 4 is 21.9 Å². The second-order valence-electron chi connectivity index (χ2n) is 5.64. The normalized spacial score (nSPS) is 11.2. The molecule has 0 bridgehead atoms. The highest BCUT2D eigenvalue weighted by Crippen LogP contribution is 2.24. The third-order valence-corrected chi connectivity index (χ3v) is 3.75. The summed E-state index contributed by atoms with van der Waals surface area (Å²) in [5, 5.41) is 0.968. The molecule has 0 aliphatic rings. The fourth-order valence-electron chi connectivity index (χ4n) is 1.99. The molecule has 0 saturated heterocycles. The van der Waals surface area contributed by atoms with Crippen molar-refractivity contribution < 1.29 is 14.3 Å². The van der Waals surface area contributed by atoms with E-state index in [-0.39, 0.29) is 5.97 Å². The molecule has 118 valence electrons. The van der Waals surface area contributed by atoms with E-state index in [0.717, 1.165) is 30.3 Å². The molecule has 4 heteroatoms. The van der Waals surface area contributed by atoms with E-state index in [2.05, 4.69) is 28.1 Å². The van der Waals surface area contributed by atoms with Gasteiger partial charge in [-0.3, -0.25) is 4.79 Å². The standard InChI is InChI=1S/C17H25BrO3/c1-4-20-16(19)17(2,3)11-5-13-21-15-8-6-14(7-9-15)10-12-18/h6-9H,4-5,10-13H2,1-3H3. The molecule has 1 rings (SSSR count). The van der Waals surface area contributed by atoms with Gasteiger partial charge in [-0.15, -0.1) is 0 Å². The Bertz CT molecular complexity index is 426. The lowest BCUT2D eigenvalue weighted by molar-refractivity contribution is -0.153. The molecule has 0 fully saturated rings. The number of aryl methyl sites for hydroxylation is 1. The number of hydrogen-bond donors (Lipinski definition) is 0. The van der Waals surface area contributed by atoms with Crippen molar-refractivity contribution in [1.29, 1.82) is 0 Å². The molecule has 0 saturated carbocycles. The van der Waals surface area contributed by atoms with Gasteiger partial charge in [0.05, 0.1) is 18.6 Å². The molecular weight excluding hydrogens is 332 g/mol. The zero-order valence-electron chi connectivity index (χ0n) is 13.2. The predicted molar refractivity (Wildman–Crippen MR) is 89.1 cm³/mol. The van der Waals surface area contributed by atoms with E-state index in [1.807, 2.05) is 32.9 Å². The second kappa shape index (κ2) is 9.08. The van der Waals surface area contributed by atoms with Gasteiger partial charge in [0.25, 0.3) is 0 Å². The minimum Gasteiger partial charge on any atom is -0.494 e. The SMILES string of the molecule is CCOC(=O)C(C)(C)CCCOc1ccc(CCBr)cc1. The number of esters is 1. The van der Waals surface area contributed by atoms with Crippen LogP contribution in [-0.4, -0.2) is 24.5 Å². The van der Waals surface area contributed by atoms with Crippen LogP contribution < -0.4 is 4.74 Å². The van der Waals surface area contributed by atoms with Crippen molar-refractivity contribution in [1.82, 2.24) is 0 Å². The molecule has 0 amide bonds. The number of hydrogen-bond acceptors (Lipinski definition) is 3. The Kier molecular flexibility index (Phi) is 7.79. The lowest BCUT2D eigenvalue weighted by Crippen LogP contribution is -2.27. The fourth-order valence-corrected chi connectivity index (χ4v) is 2.45. The lowest BCUT2D eigenvalue weighted by atomic mass is 9.88. The zero-order valence-corrected chi connectivity index (χ0v) is 14.7. The number of halogens is 1. The van der Waals surface area contributed by atoms with E-state index in [4.69, 9.17) is 9.47 Å². The maximum Gasteiger partial charge on any atom is 0.311 e. The molecule has 0 radical (unpaired) electrons. The van der Waals surface area contributed by atoms with Gasteiger partial charge in [0, 0.05) is 5.33 Å². The van der Waals surface area contributed by atoms with Crippen LogP contribution in [0.3, 0.4) is 0 Å². The van der Waals surface area contributed by atoms with Gasteiger partial charge in [-0.1, -0.05) is 28.1 Å². The van der Waals surface area contributed by atoms with Crippen molar-refractivity contribution in [3.63, 3.8) is 0 Å². The minimum absolute atomic E-state index is 0.135. The first-order valence-corrected chi connectivity index (χ1v) is 8.56. The molecule has 1 aromatic rings. The average molecular weight is 357 g/mol. The molecule has 0 atom stereocenters. The van der Waals surface area contributed by atoms with Crippen LogP contribution in [0.15, 0.2) is 24.3 Å². The van der Waals surface area contributed by atoms with Crippen LogP contribution >= 0.6 is 15.9 Å². The number of benzene rings is 1. The van der Waals surface area contributed by atoms with E-state index in [1.165, 1.54) is 5.56 Å². The van der Waals surface area contributed by atoms with Gasteiger partial charge in [0.1, 0.15) is 5.75 Å². The van der Waals surface area contributed by atoms with Crippen molar-refractivity contribution in [3.05, 3.63) is 29.8 Å². The number of alkyl halides is 1. The smallest absolute Gasteiger partial charge is 0.311 e. The van der Waals surface area contributed by atoms with Crippen LogP contribution in [0.25, 0.3) is 0 Å². The lowest BCUT2D eigenvalue weighted by Gasteiger charge is -2.22. The van der Waals surface area contributed by atoms with Gasteiger partial charge in [-0.2, -0.15) is 0 Å². The summed E-state index contributed by atoms with van der Waals surface area (Å²) in [6.07, 6.45) is 2.61. The first-order chi connectivity index (χ1) is 9.99. The Morgan fingerprint density at radius 3 is 2.48 bits per heavy atom. The molecule has 0 unspecified atom stereocenters. The van der Waals surface area contributed by atoms with Crippen molar-refractivity contribution in [2.24, 2.45) is 5.41 Å². The van der Waals surface area contributed by atoms with Crippen molar-refractivity contribution in [2.45, 2.75) is 40.0 Å². The van der Waals surface area contributed by atoms with E-state index < -0.39 is 5.41 Å². The fraction of sp³-hybridized carbons (Fsp3) is 0.588. The van der Waals surface area contributed by atoms with Crippen LogP contribution in [0.1, 0.15) is 39.2 Å². The summed E-state index contributed by atoms with van der Waals surface area (Å²) in [5.41, 5.74) is 0.849. The maximum atomic E-state index is 11.8. The minimum atomic E-state index is -0.445. The van der Waals surface area contributed by atoms with E-state index >= 15 is 0 Å². The summed E-state index contributed by atoms with van der Waals surface area (Å²) in [7, 11) is 0. The first-order valence-electron chi connectivity index (χ1n) is 7.44. The number of ether oxygens (including phenoxy) is 2. The molecule has 3 nitrogen and oxygen atoms in total. The van der Waals surface area contributed by atoms with Crippen LogP contribution in [0, 0.1) is 5.41 Å². The molecule has 0 aliphatic heterocycles. The average Bonchev–Trinajstić information content (AvgIpc) is 2.46. The Labute approximate surface area is 136 Å². The van der Waals surface area contributed by atoms with Gasteiger partial charge in [0.2, 0.25) is 0 Å². The Morgan fingerprint density at radius 2 is 1.90 bits per heavy atom. The third kappa shape index (κ3) is 6.51.